The maximum Gasteiger partial charge on any atom is 0.331 e. The lowest BCUT2D eigenvalue weighted by molar-refractivity contribution is -0.148. The van der Waals surface area contributed by atoms with Crippen molar-refractivity contribution in [3.63, 3.8) is 0 Å². The maximum absolute atomic E-state index is 12.3. The Kier molecular flexibility index (Phi) is 7.87. The largest absolute Gasteiger partial charge is 0.449 e. The number of anilines is 2. The van der Waals surface area contributed by atoms with Gasteiger partial charge in [0.2, 0.25) is 0 Å². The molecule has 0 unspecified atom stereocenters. The van der Waals surface area contributed by atoms with E-state index in [4.69, 9.17) is 4.74 Å². The molecule has 7 nitrogen and oxygen atoms in total. The van der Waals surface area contributed by atoms with Gasteiger partial charge in [-0.15, -0.1) is 0 Å². The lowest BCUT2D eigenvalue weighted by atomic mass is 10.1. The zero-order valence-corrected chi connectivity index (χ0v) is 18.6. The van der Waals surface area contributed by atoms with Crippen LogP contribution in [0.15, 0.2) is 42.6 Å². The van der Waals surface area contributed by atoms with Gasteiger partial charge in [0.05, 0.1) is 6.20 Å². The van der Waals surface area contributed by atoms with Crippen LogP contribution in [0.25, 0.3) is 6.08 Å². The van der Waals surface area contributed by atoms with Crippen LogP contribution in [0.2, 0.25) is 0 Å². The van der Waals surface area contributed by atoms with E-state index in [1.807, 2.05) is 26.0 Å². The van der Waals surface area contributed by atoms with Gasteiger partial charge in [-0.2, -0.15) is 5.10 Å². The van der Waals surface area contributed by atoms with Crippen molar-refractivity contribution in [2.45, 2.75) is 58.6 Å². The Hall–Kier alpha value is -3.09. The number of carbonyl (C=O) groups is 2. The van der Waals surface area contributed by atoms with Crippen molar-refractivity contribution in [3.8, 4) is 0 Å². The van der Waals surface area contributed by atoms with Crippen LogP contribution < -0.4 is 10.2 Å². The number of amides is 1. The van der Waals surface area contributed by atoms with E-state index in [0.717, 1.165) is 18.7 Å². The first kappa shape index (κ1) is 22.6. The molecule has 1 saturated heterocycles. The van der Waals surface area contributed by atoms with E-state index < -0.39 is 18.0 Å². The molecule has 1 N–H and O–H groups in total. The van der Waals surface area contributed by atoms with E-state index in [2.05, 4.69) is 27.4 Å². The minimum Gasteiger partial charge on any atom is -0.449 e. The fraction of sp³-hybridized carbons (Fsp3) is 0.458. The SMILES string of the molecule is CC(C)n1nccc1NC(=O)[C@H](C)OC(=O)/C=C/c1ccc(N2CCCCCC2)cc1. The van der Waals surface area contributed by atoms with Crippen LogP contribution in [0, 0.1) is 0 Å². The summed E-state index contributed by atoms with van der Waals surface area (Å²) < 4.78 is 6.94. The molecule has 1 atom stereocenters. The minimum absolute atomic E-state index is 0.108. The molecule has 1 aliphatic rings. The van der Waals surface area contributed by atoms with Crippen molar-refractivity contribution in [1.82, 2.24) is 9.78 Å². The van der Waals surface area contributed by atoms with Crippen molar-refractivity contribution >= 4 is 29.5 Å². The van der Waals surface area contributed by atoms with Gasteiger partial charge in [-0.05, 0) is 57.4 Å². The highest BCUT2D eigenvalue weighted by atomic mass is 16.5. The molecular weight excluding hydrogens is 392 g/mol. The first-order valence-corrected chi connectivity index (χ1v) is 11.0. The van der Waals surface area contributed by atoms with Crippen molar-refractivity contribution < 1.29 is 14.3 Å². The van der Waals surface area contributed by atoms with Gasteiger partial charge in [0.25, 0.3) is 5.91 Å². The monoisotopic (exact) mass is 424 g/mol. The Morgan fingerprint density at radius 2 is 1.71 bits per heavy atom. The average molecular weight is 425 g/mol. The van der Waals surface area contributed by atoms with E-state index in [0.29, 0.717) is 5.82 Å². The van der Waals surface area contributed by atoms with E-state index >= 15 is 0 Å². The standard InChI is InChI=1S/C24H32N4O3/c1-18(2)28-22(14-15-25-28)26-24(30)19(3)31-23(29)13-10-20-8-11-21(12-9-20)27-16-6-4-5-7-17-27/h8-15,18-19H,4-7,16-17H2,1-3H3,(H,26,30)/b13-10+/t19-/m0/s1. The molecule has 1 aromatic heterocycles. The summed E-state index contributed by atoms with van der Waals surface area (Å²) in [5.41, 5.74) is 2.13. The van der Waals surface area contributed by atoms with E-state index in [-0.39, 0.29) is 6.04 Å². The summed E-state index contributed by atoms with van der Waals surface area (Å²) in [5.74, 6) is -0.384. The molecule has 7 heteroatoms. The smallest absolute Gasteiger partial charge is 0.331 e. The number of rotatable bonds is 7. The summed E-state index contributed by atoms with van der Waals surface area (Å²) in [7, 11) is 0. The molecule has 1 aliphatic heterocycles. The second-order valence-corrected chi connectivity index (χ2v) is 8.15. The van der Waals surface area contributed by atoms with Crippen LogP contribution in [-0.2, 0) is 14.3 Å². The number of hydrogen-bond acceptors (Lipinski definition) is 5. The zero-order chi connectivity index (χ0) is 22.2. The number of esters is 1. The number of nitrogens with one attached hydrogen (secondary N) is 1. The Bertz CT molecular complexity index is 894. The highest BCUT2D eigenvalue weighted by molar-refractivity contribution is 5.96. The fourth-order valence-corrected chi connectivity index (χ4v) is 3.61. The highest BCUT2D eigenvalue weighted by Crippen LogP contribution is 2.20. The predicted octanol–water partition coefficient (Wildman–Crippen LogP) is 4.43. The normalized spacial score (nSPS) is 15.7. The Morgan fingerprint density at radius 1 is 1.03 bits per heavy atom. The summed E-state index contributed by atoms with van der Waals surface area (Å²) in [6, 6.07) is 9.98. The molecule has 2 aromatic rings. The first-order chi connectivity index (χ1) is 14.9. The van der Waals surface area contributed by atoms with Crippen molar-refractivity contribution in [1.29, 1.82) is 0 Å². The molecule has 0 saturated carbocycles. The summed E-state index contributed by atoms with van der Waals surface area (Å²) in [4.78, 5) is 26.9. The lowest BCUT2D eigenvalue weighted by Gasteiger charge is -2.22. The van der Waals surface area contributed by atoms with Gasteiger partial charge in [-0.1, -0.05) is 25.0 Å². The van der Waals surface area contributed by atoms with Gasteiger partial charge in [0.1, 0.15) is 5.82 Å². The maximum atomic E-state index is 12.3. The number of hydrogen-bond donors (Lipinski definition) is 1. The lowest BCUT2D eigenvalue weighted by Crippen LogP contribution is -2.30. The van der Waals surface area contributed by atoms with Gasteiger partial charge in [-0.3, -0.25) is 4.79 Å². The van der Waals surface area contributed by atoms with Crippen LogP contribution in [0.5, 0.6) is 0 Å². The molecular formula is C24H32N4O3. The van der Waals surface area contributed by atoms with E-state index in [1.54, 1.807) is 29.9 Å². The molecule has 0 radical (unpaired) electrons. The van der Waals surface area contributed by atoms with Crippen LogP contribution in [-0.4, -0.2) is 40.9 Å². The summed E-state index contributed by atoms with van der Waals surface area (Å²) >= 11 is 0. The minimum atomic E-state index is -0.918. The van der Waals surface area contributed by atoms with Crippen LogP contribution in [0.1, 0.15) is 58.1 Å². The Labute approximate surface area is 184 Å². The number of aromatic nitrogens is 2. The predicted molar refractivity (Wildman–Crippen MR) is 123 cm³/mol. The van der Waals surface area contributed by atoms with Gasteiger partial charge < -0.3 is 15.0 Å². The second kappa shape index (κ2) is 10.8. The number of nitrogens with zero attached hydrogens (tertiary/aromatic N) is 3. The van der Waals surface area contributed by atoms with Gasteiger partial charge in [0.15, 0.2) is 6.10 Å². The number of ether oxygens (including phenoxy) is 1. The van der Waals surface area contributed by atoms with Crippen LogP contribution >= 0.6 is 0 Å². The first-order valence-electron chi connectivity index (χ1n) is 11.0. The topological polar surface area (TPSA) is 76.5 Å². The van der Waals surface area contributed by atoms with Crippen LogP contribution in [0.3, 0.4) is 0 Å². The summed E-state index contributed by atoms with van der Waals surface area (Å²) in [5, 5.41) is 6.92. The molecule has 0 bridgehead atoms. The molecule has 1 fully saturated rings. The summed E-state index contributed by atoms with van der Waals surface area (Å²) in [6.07, 6.45) is 8.83. The van der Waals surface area contributed by atoms with Gasteiger partial charge in [0, 0.05) is 37.0 Å². The van der Waals surface area contributed by atoms with E-state index in [1.165, 1.54) is 37.4 Å². The third-order valence-electron chi connectivity index (χ3n) is 5.35. The Morgan fingerprint density at radius 3 is 2.35 bits per heavy atom. The number of benzene rings is 1. The van der Waals surface area contributed by atoms with Crippen molar-refractivity contribution in [3.05, 3.63) is 48.2 Å². The Balaban J connectivity index is 1.51. The highest BCUT2D eigenvalue weighted by Gasteiger charge is 2.19. The molecule has 0 aliphatic carbocycles. The molecule has 1 amide bonds. The zero-order valence-electron chi connectivity index (χ0n) is 18.6. The van der Waals surface area contributed by atoms with E-state index in [9.17, 15) is 9.59 Å². The number of carbonyl (C=O) groups excluding carboxylic acids is 2. The molecule has 2 heterocycles. The van der Waals surface area contributed by atoms with Crippen molar-refractivity contribution in [2.24, 2.45) is 0 Å². The second-order valence-electron chi connectivity index (χ2n) is 8.15. The third-order valence-corrected chi connectivity index (χ3v) is 5.35. The average Bonchev–Trinajstić information content (AvgIpc) is 3.05. The molecule has 166 valence electrons. The fourth-order valence-electron chi connectivity index (χ4n) is 3.61. The molecule has 31 heavy (non-hydrogen) atoms. The molecule has 1 aromatic carbocycles. The van der Waals surface area contributed by atoms with Gasteiger partial charge in [-0.25, -0.2) is 9.48 Å². The van der Waals surface area contributed by atoms with Crippen LogP contribution in [0.4, 0.5) is 11.5 Å². The molecule has 3 rings (SSSR count). The summed E-state index contributed by atoms with van der Waals surface area (Å²) in [6.45, 7) is 7.68. The quantitative estimate of drug-likeness (QED) is 0.526. The van der Waals surface area contributed by atoms with Gasteiger partial charge >= 0.3 is 5.97 Å². The molecule has 0 spiro atoms. The van der Waals surface area contributed by atoms with Crippen molar-refractivity contribution in [2.75, 3.05) is 23.3 Å². The third kappa shape index (κ3) is 6.44.